The van der Waals surface area contributed by atoms with Crippen molar-refractivity contribution >= 4 is 16.7 Å². The van der Waals surface area contributed by atoms with E-state index in [4.69, 9.17) is 0 Å². The van der Waals surface area contributed by atoms with Gasteiger partial charge in [0.15, 0.2) is 0 Å². The minimum Gasteiger partial charge on any atom is -0.478 e. The number of benzene rings is 2. The fourth-order valence-electron chi connectivity index (χ4n) is 4.64. The van der Waals surface area contributed by atoms with Crippen LogP contribution in [0.5, 0.6) is 0 Å². The summed E-state index contributed by atoms with van der Waals surface area (Å²) in [7, 11) is 0. The molecule has 0 aromatic heterocycles. The second kappa shape index (κ2) is 15.9. The molecule has 0 radical (unpaired) electrons. The zero-order valence-electron chi connectivity index (χ0n) is 19.8. The van der Waals surface area contributed by atoms with Crippen molar-refractivity contribution in [2.45, 2.75) is 116 Å². The minimum atomic E-state index is -0.803. The normalized spacial score (nSPS) is 11.3. The van der Waals surface area contributed by atoms with Gasteiger partial charge in [0.2, 0.25) is 0 Å². The van der Waals surface area contributed by atoms with Gasteiger partial charge in [0, 0.05) is 0 Å². The topological polar surface area (TPSA) is 37.3 Å². The molecule has 31 heavy (non-hydrogen) atoms. The van der Waals surface area contributed by atoms with Crippen LogP contribution < -0.4 is 0 Å². The maximum absolute atomic E-state index is 11.8. The van der Waals surface area contributed by atoms with E-state index in [0.717, 1.165) is 29.2 Å². The van der Waals surface area contributed by atoms with Crippen LogP contribution in [0.3, 0.4) is 0 Å². The molecule has 2 aromatic rings. The van der Waals surface area contributed by atoms with Crippen LogP contribution in [-0.4, -0.2) is 11.1 Å². The molecular weight excluding hydrogens is 380 g/mol. The fourth-order valence-corrected chi connectivity index (χ4v) is 4.64. The average Bonchev–Trinajstić information content (AvgIpc) is 2.78. The standard InChI is InChI=1S/C29H44O2/c1-2-3-4-5-6-7-8-9-10-11-12-13-14-15-16-17-21-26-24-23-25-20-18-19-22-27(25)28(26)29(30)31/h18-20,22-24H,2-17,21H2,1H3,(H,30,31). The second-order valence-electron chi connectivity index (χ2n) is 9.18. The Kier molecular flexibility index (Phi) is 13.0. The summed E-state index contributed by atoms with van der Waals surface area (Å²) in [5.74, 6) is -0.803. The molecule has 0 unspecified atom stereocenters. The van der Waals surface area contributed by atoms with E-state index in [1.807, 2.05) is 30.3 Å². The van der Waals surface area contributed by atoms with Gasteiger partial charge in [-0.2, -0.15) is 0 Å². The van der Waals surface area contributed by atoms with Crippen LogP contribution in [0, 0.1) is 0 Å². The fraction of sp³-hybridized carbons (Fsp3) is 0.621. The SMILES string of the molecule is CCCCCCCCCCCCCCCCCCc1ccc2ccccc2c1C(=O)O. The first-order valence-electron chi connectivity index (χ1n) is 13.0. The van der Waals surface area contributed by atoms with Crippen LogP contribution >= 0.6 is 0 Å². The van der Waals surface area contributed by atoms with Crippen LogP contribution in [-0.2, 0) is 6.42 Å². The highest BCUT2D eigenvalue weighted by Crippen LogP contribution is 2.24. The summed E-state index contributed by atoms with van der Waals surface area (Å²) in [6, 6.07) is 11.9. The highest BCUT2D eigenvalue weighted by atomic mass is 16.4. The van der Waals surface area contributed by atoms with Crippen LogP contribution in [0.1, 0.15) is 126 Å². The second-order valence-corrected chi connectivity index (χ2v) is 9.18. The Morgan fingerprint density at radius 2 is 1.13 bits per heavy atom. The lowest BCUT2D eigenvalue weighted by Crippen LogP contribution is -2.04. The average molecular weight is 425 g/mol. The number of fused-ring (bicyclic) bond motifs is 1. The van der Waals surface area contributed by atoms with Crippen LogP contribution in [0.4, 0.5) is 0 Å². The van der Waals surface area contributed by atoms with Crippen LogP contribution in [0.15, 0.2) is 36.4 Å². The number of carboxylic acid groups (broad SMARTS) is 1. The number of hydrogen-bond acceptors (Lipinski definition) is 1. The Hall–Kier alpha value is -1.83. The Morgan fingerprint density at radius 1 is 0.645 bits per heavy atom. The lowest BCUT2D eigenvalue weighted by molar-refractivity contribution is 0.0698. The molecule has 0 saturated heterocycles. The molecule has 0 amide bonds. The number of rotatable bonds is 18. The molecule has 0 saturated carbocycles. The summed E-state index contributed by atoms with van der Waals surface area (Å²) in [6.07, 6.45) is 22.6. The van der Waals surface area contributed by atoms with E-state index >= 15 is 0 Å². The monoisotopic (exact) mass is 424 g/mol. The predicted octanol–water partition coefficient (Wildman–Crippen LogP) is 9.34. The van der Waals surface area contributed by atoms with E-state index in [1.54, 1.807) is 0 Å². The first-order chi connectivity index (χ1) is 15.2. The van der Waals surface area contributed by atoms with Crippen molar-refractivity contribution in [2.75, 3.05) is 0 Å². The van der Waals surface area contributed by atoms with Crippen molar-refractivity contribution in [3.05, 3.63) is 47.5 Å². The molecule has 0 aliphatic heterocycles. The molecule has 0 fully saturated rings. The molecule has 0 atom stereocenters. The number of carbonyl (C=O) groups is 1. The lowest BCUT2D eigenvalue weighted by Gasteiger charge is -2.10. The Balaban J connectivity index is 1.49. The van der Waals surface area contributed by atoms with Gasteiger partial charge in [-0.3, -0.25) is 0 Å². The van der Waals surface area contributed by atoms with E-state index in [1.165, 1.54) is 96.3 Å². The quantitative estimate of drug-likeness (QED) is 0.242. The van der Waals surface area contributed by atoms with Gasteiger partial charge in [0.25, 0.3) is 0 Å². The molecule has 2 nitrogen and oxygen atoms in total. The van der Waals surface area contributed by atoms with Gasteiger partial charge in [-0.05, 0) is 29.2 Å². The summed E-state index contributed by atoms with van der Waals surface area (Å²) in [5, 5.41) is 11.6. The highest BCUT2D eigenvalue weighted by molar-refractivity contribution is 6.05. The maximum atomic E-state index is 11.8. The molecule has 0 spiro atoms. The van der Waals surface area contributed by atoms with Crippen molar-refractivity contribution in [3.8, 4) is 0 Å². The molecule has 0 heterocycles. The van der Waals surface area contributed by atoms with Crippen molar-refractivity contribution in [1.29, 1.82) is 0 Å². The molecule has 0 bridgehead atoms. The zero-order valence-corrected chi connectivity index (χ0v) is 19.8. The lowest BCUT2D eigenvalue weighted by atomic mass is 9.95. The molecule has 0 aliphatic carbocycles. The summed E-state index contributed by atoms with van der Waals surface area (Å²) in [4.78, 5) is 11.8. The van der Waals surface area contributed by atoms with Gasteiger partial charge >= 0.3 is 5.97 Å². The summed E-state index contributed by atoms with van der Waals surface area (Å²) < 4.78 is 0. The largest absolute Gasteiger partial charge is 0.478 e. The zero-order chi connectivity index (χ0) is 22.2. The van der Waals surface area contributed by atoms with Gasteiger partial charge in [0.1, 0.15) is 0 Å². The smallest absolute Gasteiger partial charge is 0.336 e. The maximum Gasteiger partial charge on any atom is 0.336 e. The number of aryl methyl sites for hydroxylation is 1. The minimum absolute atomic E-state index is 0.499. The molecular formula is C29H44O2. The van der Waals surface area contributed by atoms with Gasteiger partial charge in [-0.25, -0.2) is 4.79 Å². The molecule has 1 N–H and O–H groups in total. The van der Waals surface area contributed by atoms with Gasteiger partial charge in [-0.1, -0.05) is 140 Å². The number of hydrogen-bond donors (Lipinski definition) is 1. The molecule has 0 aliphatic rings. The third kappa shape index (κ3) is 9.89. The van der Waals surface area contributed by atoms with E-state index in [0.29, 0.717) is 5.56 Å². The van der Waals surface area contributed by atoms with E-state index in [9.17, 15) is 9.90 Å². The van der Waals surface area contributed by atoms with E-state index < -0.39 is 5.97 Å². The van der Waals surface area contributed by atoms with E-state index in [-0.39, 0.29) is 0 Å². The number of unbranched alkanes of at least 4 members (excludes halogenated alkanes) is 15. The van der Waals surface area contributed by atoms with Crippen LogP contribution in [0.25, 0.3) is 10.8 Å². The number of aromatic carboxylic acids is 1. The molecule has 2 aromatic carbocycles. The predicted molar refractivity (Wildman–Crippen MR) is 134 cm³/mol. The van der Waals surface area contributed by atoms with Crippen LogP contribution in [0.2, 0.25) is 0 Å². The molecule has 2 heteroatoms. The number of carboxylic acids is 1. The van der Waals surface area contributed by atoms with Crippen molar-refractivity contribution < 1.29 is 9.90 Å². The molecule has 172 valence electrons. The van der Waals surface area contributed by atoms with Crippen molar-refractivity contribution in [3.63, 3.8) is 0 Å². The first kappa shape index (κ1) is 25.4. The summed E-state index contributed by atoms with van der Waals surface area (Å²) in [5.41, 5.74) is 1.48. The van der Waals surface area contributed by atoms with Crippen molar-refractivity contribution in [1.82, 2.24) is 0 Å². The summed E-state index contributed by atoms with van der Waals surface area (Å²) >= 11 is 0. The van der Waals surface area contributed by atoms with Gasteiger partial charge < -0.3 is 5.11 Å². The molecule has 2 rings (SSSR count). The summed E-state index contributed by atoms with van der Waals surface area (Å²) in [6.45, 7) is 2.28. The van der Waals surface area contributed by atoms with Gasteiger partial charge in [0.05, 0.1) is 5.56 Å². The third-order valence-corrected chi connectivity index (χ3v) is 6.53. The third-order valence-electron chi connectivity index (χ3n) is 6.53. The Bertz CT molecular complexity index is 749. The highest BCUT2D eigenvalue weighted by Gasteiger charge is 2.13. The van der Waals surface area contributed by atoms with Crippen molar-refractivity contribution in [2.24, 2.45) is 0 Å². The van der Waals surface area contributed by atoms with Gasteiger partial charge in [-0.15, -0.1) is 0 Å². The first-order valence-corrected chi connectivity index (χ1v) is 13.0. The van der Waals surface area contributed by atoms with E-state index in [2.05, 4.69) is 13.0 Å². The Labute approximate surface area is 190 Å². The Morgan fingerprint density at radius 3 is 1.65 bits per heavy atom.